The molecule has 0 radical (unpaired) electrons. The number of halogens is 3. The van der Waals surface area contributed by atoms with Gasteiger partial charge in [0.25, 0.3) is 0 Å². The standard InChI is InChI=1S/C12H12F3N3O/c1-19-11-6-10(12(13,14)15)17-18(11)9-4-2-8(7-16)3-5-9/h2-6H,7,16H2,1H3. The molecule has 102 valence electrons. The molecule has 4 nitrogen and oxygen atoms in total. The topological polar surface area (TPSA) is 53.1 Å². The molecule has 0 bridgehead atoms. The molecule has 0 aliphatic carbocycles. The quantitative estimate of drug-likeness (QED) is 0.932. The minimum atomic E-state index is -4.50. The maximum absolute atomic E-state index is 12.6. The van der Waals surface area contributed by atoms with Gasteiger partial charge in [0, 0.05) is 12.6 Å². The Balaban J connectivity index is 2.45. The largest absolute Gasteiger partial charge is 0.481 e. The second-order valence-corrected chi connectivity index (χ2v) is 3.85. The SMILES string of the molecule is COc1cc(C(F)(F)F)nn1-c1ccc(CN)cc1. The number of hydrogen-bond acceptors (Lipinski definition) is 3. The van der Waals surface area contributed by atoms with Crippen LogP contribution in [0.2, 0.25) is 0 Å². The number of aromatic nitrogens is 2. The van der Waals surface area contributed by atoms with E-state index >= 15 is 0 Å². The van der Waals surface area contributed by atoms with E-state index in [0.717, 1.165) is 16.3 Å². The molecule has 2 rings (SSSR count). The molecule has 19 heavy (non-hydrogen) atoms. The van der Waals surface area contributed by atoms with E-state index in [1.54, 1.807) is 24.3 Å². The van der Waals surface area contributed by atoms with Crippen LogP contribution in [0, 0.1) is 0 Å². The molecule has 2 aromatic rings. The Bertz CT molecular complexity index is 561. The summed E-state index contributed by atoms with van der Waals surface area (Å²) >= 11 is 0. The third-order valence-electron chi connectivity index (χ3n) is 2.59. The van der Waals surface area contributed by atoms with Crippen molar-refractivity contribution in [2.24, 2.45) is 5.73 Å². The van der Waals surface area contributed by atoms with E-state index in [1.165, 1.54) is 7.11 Å². The fourth-order valence-electron chi connectivity index (χ4n) is 1.61. The lowest BCUT2D eigenvalue weighted by Gasteiger charge is -2.06. The van der Waals surface area contributed by atoms with Crippen molar-refractivity contribution in [3.05, 3.63) is 41.6 Å². The van der Waals surface area contributed by atoms with E-state index < -0.39 is 11.9 Å². The molecule has 0 atom stereocenters. The second kappa shape index (κ2) is 4.93. The van der Waals surface area contributed by atoms with Crippen LogP contribution in [0.4, 0.5) is 13.2 Å². The summed E-state index contributed by atoms with van der Waals surface area (Å²) in [7, 11) is 1.29. The fraction of sp³-hybridized carbons (Fsp3) is 0.250. The molecule has 0 fully saturated rings. The van der Waals surface area contributed by atoms with Crippen LogP contribution in [0.3, 0.4) is 0 Å². The van der Waals surface area contributed by atoms with Gasteiger partial charge in [0.15, 0.2) is 5.69 Å². The zero-order valence-electron chi connectivity index (χ0n) is 10.1. The van der Waals surface area contributed by atoms with Crippen molar-refractivity contribution in [2.45, 2.75) is 12.7 Å². The van der Waals surface area contributed by atoms with Gasteiger partial charge in [-0.2, -0.15) is 18.3 Å². The van der Waals surface area contributed by atoms with Crippen LogP contribution in [0.1, 0.15) is 11.3 Å². The Hall–Kier alpha value is -2.02. The summed E-state index contributed by atoms with van der Waals surface area (Å²) in [6.45, 7) is 0.365. The Kier molecular flexibility index (Phi) is 3.48. The van der Waals surface area contributed by atoms with Gasteiger partial charge in [-0.1, -0.05) is 12.1 Å². The van der Waals surface area contributed by atoms with Gasteiger partial charge in [0.1, 0.15) is 0 Å². The van der Waals surface area contributed by atoms with Crippen molar-refractivity contribution in [1.29, 1.82) is 0 Å². The summed E-state index contributed by atoms with van der Waals surface area (Å²) in [4.78, 5) is 0. The van der Waals surface area contributed by atoms with E-state index in [0.29, 0.717) is 12.2 Å². The van der Waals surface area contributed by atoms with E-state index in [9.17, 15) is 13.2 Å². The smallest absolute Gasteiger partial charge is 0.435 e. The summed E-state index contributed by atoms with van der Waals surface area (Å²) in [5, 5.41) is 3.51. The Morgan fingerprint density at radius 1 is 1.26 bits per heavy atom. The van der Waals surface area contributed by atoms with Crippen molar-refractivity contribution in [3.63, 3.8) is 0 Å². The molecule has 1 aromatic heterocycles. The maximum atomic E-state index is 12.6. The van der Waals surface area contributed by atoms with E-state index in [2.05, 4.69) is 5.10 Å². The average Bonchev–Trinajstić information content (AvgIpc) is 2.83. The third kappa shape index (κ3) is 2.70. The minimum absolute atomic E-state index is 0.0211. The fourth-order valence-corrected chi connectivity index (χ4v) is 1.61. The first kappa shape index (κ1) is 13.4. The zero-order chi connectivity index (χ0) is 14.0. The highest BCUT2D eigenvalue weighted by molar-refractivity contribution is 5.38. The van der Waals surface area contributed by atoms with E-state index in [1.807, 2.05) is 0 Å². The Morgan fingerprint density at radius 3 is 2.37 bits per heavy atom. The first-order valence-electron chi connectivity index (χ1n) is 5.46. The molecule has 0 saturated carbocycles. The summed E-state index contributed by atoms with van der Waals surface area (Å²) < 4.78 is 43.8. The first-order chi connectivity index (χ1) is 8.95. The Morgan fingerprint density at radius 2 is 1.89 bits per heavy atom. The molecular formula is C12H12F3N3O. The molecule has 0 aliphatic heterocycles. The molecular weight excluding hydrogens is 259 g/mol. The second-order valence-electron chi connectivity index (χ2n) is 3.85. The Labute approximate surface area is 107 Å². The van der Waals surface area contributed by atoms with Gasteiger partial charge in [0.2, 0.25) is 5.88 Å². The third-order valence-corrected chi connectivity index (χ3v) is 2.59. The molecule has 1 heterocycles. The molecule has 1 aromatic carbocycles. The number of rotatable bonds is 3. The highest BCUT2D eigenvalue weighted by Crippen LogP contribution is 2.31. The number of nitrogens with two attached hydrogens (primary N) is 1. The highest BCUT2D eigenvalue weighted by atomic mass is 19.4. The van der Waals surface area contributed by atoms with Crippen LogP contribution in [0.5, 0.6) is 5.88 Å². The predicted octanol–water partition coefficient (Wildman–Crippen LogP) is 2.36. The van der Waals surface area contributed by atoms with Crippen LogP contribution in [-0.4, -0.2) is 16.9 Å². The molecule has 2 N–H and O–H groups in total. The number of benzene rings is 1. The summed E-state index contributed by atoms with van der Waals surface area (Å²) in [5.74, 6) is 0.0211. The van der Waals surface area contributed by atoms with Gasteiger partial charge in [-0.15, -0.1) is 0 Å². The van der Waals surface area contributed by atoms with Gasteiger partial charge in [0.05, 0.1) is 12.8 Å². The van der Waals surface area contributed by atoms with Crippen molar-refractivity contribution in [1.82, 2.24) is 9.78 Å². The number of hydrogen-bond donors (Lipinski definition) is 1. The highest BCUT2D eigenvalue weighted by Gasteiger charge is 2.35. The summed E-state index contributed by atoms with van der Waals surface area (Å²) in [6, 6.07) is 7.58. The average molecular weight is 271 g/mol. The van der Waals surface area contributed by atoms with Crippen LogP contribution in [-0.2, 0) is 12.7 Å². The first-order valence-corrected chi connectivity index (χ1v) is 5.46. The summed E-state index contributed by atoms with van der Waals surface area (Å²) in [6.07, 6.45) is -4.50. The normalized spacial score (nSPS) is 11.6. The lowest BCUT2D eigenvalue weighted by molar-refractivity contribution is -0.141. The molecule has 0 aliphatic rings. The van der Waals surface area contributed by atoms with Crippen molar-refractivity contribution >= 4 is 0 Å². The van der Waals surface area contributed by atoms with Crippen molar-refractivity contribution in [3.8, 4) is 11.6 Å². The van der Waals surface area contributed by atoms with Gasteiger partial charge in [-0.05, 0) is 17.7 Å². The summed E-state index contributed by atoms with van der Waals surface area (Å²) in [5.41, 5.74) is 5.82. The van der Waals surface area contributed by atoms with Crippen LogP contribution < -0.4 is 10.5 Å². The molecule has 0 spiro atoms. The molecule has 0 unspecified atom stereocenters. The number of alkyl halides is 3. The van der Waals surface area contributed by atoms with Gasteiger partial charge in [-0.3, -0.25) is 0 Å². The molecule has 0 saturated heterocycles. The van der Waals surface area contributed by atoms with Crippen molar-refractivity contribution < 1.29 is 17.9 Å². The maximum Gasteiger partial charge on any atom is 0.435 e. The number of methoxy groups -OCH3 is 1. The van der Waals surface area contributed by atoms with E-state index in [4.69, 9.17) is 10.5 Å². The predicted molar refractivity (Wildman–Crippen MR) is 63.0 cm³/mol. The van der Waals surface area contributed by atoms with Crippen LogP contribution in [0.25, 0.3) is 5.69 Å². The van der Waals surface area contributed by atoms with Gasteiger partial charge in [-0.25, -0.2) is 4.68 Å². The monoisotopic (exact) mass is 271 g/mol. The van der Waals surface area contributed by atoms with Crippen LogP contribution in [0.15, 0.2) is 30.3 Å². The van der Waals surface area contributed by atoms with Gasteiger partial charge >= 0.3 is 6.18 Å². The zero-order valence-corrected chi connectivity index (χ0v) is 10.1. The van der Waals surface area contributed by atoms with Crippen LogP contribution >= 0.6 is 0 Å². The number of ether oxygens (including phenoxy) is 1. The number of nitrogens with zero attached hydrogens (tertiary/aromatic N) is 2. The van der Waals surface area contributed by atoms with E-state index in [-0.39, 0.29) is 5.88 Å². The molecule has 0 amide bonds. The van der Waals surface area contributed by atoms with Gasteiger partial charge < -0.3 is 10.5 Å². The van der Waals surface area contributed by atoms with Crippen molar-refractivity contribution in [2.75, 3.05) is 7.11 Å². The lowest BCUT2D eigenvalue weighted by atomic mass is 10.2. The minimum Gasteiger partial charge on any atom is -0.481 e. The lowest BCUT2D eigenvalue weighted by Crippen LogP contribution is -2.07. The molecule has 7 heteroatoms.